The number of quaternary nitrogens is 1. The van der Waals surface area contributed by atoms with Gasteiger partial charge in [-0.1, -0.05) is 36.4 Å². The van der Waals surface area contributed by atoms with E-state index >= 15 is 0 Å². The van der Waals surface area contributed by atoms with Gasteiger partial charge in [0, 0.05) is 28.6 Å². The standard InChI is InChI=1S/C21H17NO3S/c23-16-8-9-17-15(11-20(24)25-18(17)12-16)13-22-21(19-7-4-10-26-19)14-5-2-1-3-6-14/h1-12,21-23H,13H2/p+1/t21-/m0/s1. The van der Waals surface area contributed by atoms with Crippen LogP contribution in [0.15, 0.2) is 81.3 Å². The number of rotatable bonds is 5. The van der Waals surface area contributed by atoms with Gasteiger partial charge >= 0.3 is 5.63 Å². The number of fused-ring (bicyclic) bond motifs is 1. The van der Waals surface area contributed by atoms with Gasteiger partial charge in [-0.15, -0.1) is 11.3 Å². The number of nitrogens with two attached hydrogens (primary N) is 1. The number of thiophene rings is 1. The molecule has 2 aromatic carbocycles. The summed E-state index contributed by atoms with van der Waals surface area (Å²) in [7, 11) is 0. The molecular weight excluding hydrogens is 346 g/mol. The molecule has 0 bridgehead atoms. The van der Waals surface area contributed by atoms with Crippen molar-refractivity contribution >= 4 is 22.3 Å². The molecule has 0 aliphatic carbocycles. The lowest BCUT2D eigenvalue weighted by atomic mass is 10.0. The fourth-order valence-corrected chi connectivity index (χ4v) is 4.03. The first-order chi connectivity index (χ1) is 12.7. The topological polar surface area (TPSA) is 67.0 Å². The first kappa shape index (κ1) is 16.6. The third kappa shape index (κ3) is 3.40. The predicted molar refractivity (Wildman–Crippen MR) is 102 cm³/mol. The van der Waals surface area contributed by atoms with Crippen molar-refractivity contribution in [2.24, 2.45) is 0 Å². The van der Waals surface area contributed by atoms with Crippen molar-refractivity contribution in [3.8, 4) is 5.75 Å². The largest absolute Gasteiger partial charge is 0.508 e. The molecule has 0 aliphatic heterocycles. The maximum absolute atomic E-state index is 11.9. The summed E-state index contributed by atoms with van der Waals surface area (Å²) in [5.74, 6) is 0.0857. The zero-order valence-electron chi connectivity index (χ0n) is 14.0. The maximum Gasteiger partial charge on any atom is 0.336 e. The number of phenolic OH excluding ortho intramolecular Hbond substituents is 1. The molecule has 5 heteroatoms. The summed E-state index contributed by atoms with van der Waals surface area (Å²) in [6, 6.07) is 21.1. The van der Waals surface area contributed by atoms with E-state index in [1.54, 1.807) is 23.5 Å². The molecule has 0 saturated heterocycles. The second-order valence-corrected chi connectivity index (χ2v) is 7.09. The average molecular weight is 364 g/mol. The van der Waals surface area contributed by atoms with E-state index in [1.807, 2.05) is 18.2 Å². The van der Waals surface area contributed by atoms with E-state index < -0.39 is 5.63 Å². The van der Waals surface area contributed by atoms with Crippen molar-refractivity contribution in [3.05, 3.63) is 98.5 Å². The van der Waals surface area contributed by atoms with Crippen molar-refractivity contribution in [1.82, 2.24) is 0 Å². The molecule has 1 atom stereocenters. The summed E-state index contributed by atoms with van der Waals surface area (Å²) in [4.78, 5) is 13.2. The van der Waals surface area contributed by atoms with Gasteiger partial charge in [0.15, 0.2) is 0 Å². The Morgan fingerprint density at radius 2 is 1.88 bits per heavy atom. The molecule has 0 spiro atoms. The summed E-state index contributed by atoms with van der Waals surface area (Å²) in [6.07, 6.45) is 0. The minimum Gasteiger partial charge on any atom is -0.508 e. The molecule has 4 nitrogen and oxygen atoms in total. The molecule has 4 rings (SSSR count). The minimum absolute atomic E-state index is 0.0857. The summed E-state index contributed by atoms with van der Waals surface area (Å²) < 4.78 is 5.22. The fraction of sp³-hybridized carbons (Fsp3) is 0.0952. The average Bonchev–Trinajstić information content (AvgIpc) is 3.16. The summed E-state index contributed by atoms with van der Waals surface area (Å²) in [5.41, 5.74) is 2.13. The first-order valence-corrected chi connectivity index (χ1v) is 9.26. The maximum atomic E-state index is 11.9. The smallest absolute Gasteiger partial charge is 0.336 e. The normalized spacial score (nSPS) is 12.3. The number of hydrogen-bond acceptors (Lipinski definition) is 4. The molecule has 0 amide bonds. The van der Waals surface area contributed by atoms with Crippen LogP contribution in [0.1, 0.15) is 22.0 Å². The van der Waals surface area contributed by atoms with Crippen LogP contribution in [0.4, 0.5) is 0 Å². The van der Waals surface area contributed by atoms with Gasteiger partial charge in [-0.25, -0.2) is 4.79 Å². The minimum atomic E-state index is -0.404. The lowest BCUT2D eigenvalue weighted by Crippen LogP contribution is -2.83. The van der Waals surface area contributed by atoms with Crippen LogP contribution in [0.25, 0.3) is 11.0 Å². The van der Waals surface area contributed by atoms with Gasteiger partial charge in [0.2, 0.25) is 0 Å². The highest BCUT2D eigenvalue weighted by Gasteiger charge is 2.19. The molecular formula is C21H18NO3S+. The third-order valence-electron chi connectivity index (χ3n) is 4.40. The number of aromatic hydroxyl groups is 1. The second kappa shape index (κ2) is 7.15. The molecule has 2 heterocycles. The lowest BCUT2D eigenvalue weighted by Gasteiger charge is -2.15. The Balaban J connectivity index is 1.68. The Morgan fingerprint density at radius 3 is 2.65 bits per heavy atom. The van der Waals surface area contributed by atoms with Gasteiger partial charge < -0.3 is 14.8 Å². The zero-order valence-corrected chi connectivity index (χ0v) is 14.8. The van der Waals surface area contributed by atoms with Gasteiger partial charge in [-0.3, -0.25) is 0 Å². The van der Waals surface area contributed by atoms with E-state index in [4.69, 9.17) is 4.42 Å². The van der Waals surface area contributed by atoms with Crippen LogP contribution in [0.2, 0.25) is 0 Å². The first-order valence-electron chi connectivity index (χ1n) is 8.38. The van der Waals surface area contributed by atoms with Crippen molar-refractivity contribution in [3.63, 3.8) is 0 Å². The van der Waals surface area contributed by atoms with E-state index in [9.17, 15) is 9.90 Å². The van der Waals surface area contributed by atoms with Gasteiger partial charge in [0.25, 0.3) is 0 Å². The summed E-state index contributed by atoms with van der Waals surface area (Å²) in [5, 5.41) is 14.8. The Kier molecular flexibility index (Phi) is 4.56. The van der Waals surface area contributed by atoms with Crippen LogP contribution in [0.3, 0.4) is 0 Å². The van der Waals surface area contributed by atoms with E-state index in [1.165, 1.54) is 22.6 Å². The molecule has 0 saturated carbocycles. The Bertz CT molecular complexity index is 1070. The second-order valence-electron chi connectivity index (χ2n) is 6.11. The van der Waals surface area contributed by atoms with Crippen molar-refractivity contribution in [2.45, 2.75) is 12.6 Å². The van der Waals surface area contributed by atoms with Gasteiger partial charge in [-0.2, -0.15) is 0 Å². The number of phenols is 1. The molecule has 26 heavy (non-hydrogen) atoms. The summed E-state index contributed by atoms with van der Waals surface area (Å²) in [6.45, 7) is 0.629. The Labute approximate surface area is 154 Å². The van der Waals surface area contributed by atoms with Crippen LogP contribution in [-0.2, 0) is 6.54 Å². The zero-order chi connectivity index (χ0) is 17.9. The molecule has 0 aliphatic rings. The molecule has 0 unspecified atom stereocenters. The van der Waals surface area contributed by atoms with Crippen LogP contribution >= 0.6 is 11.3 Å². The third-order valence-corrected chi connectivity index (χ3v) is 5.35. The van der Waals surface area contributed by atoms with E-state index in [2.05, 4.69) is 35.0 Å². The van der Waals surface area contributed by atoms with Gasteiger partial charge in [-0.05, 0) is 23.6 Å². The van der Waals surface area contributed by atoms with Crippen LogP contribution in [0.5, 0.6) is 5.75 Å². The van der Waals surface area contributed by atoms with Crippen molar-refractivity contribution < 1.29 is 14.8 Å². The molecule has 4 aromatic rings. The van der Waals surface area contributed by atoms with E-state index in [0.29, 0.717) is 12.1 Å². The predicted octanol–water partition coefficient (Wildman–Crippen LogP) is 3.41. The van der Waals surface area contributed by atoms with Crippen LogP contribution < -0.4 is 10.9 Å². The number of hydrogen-bond donors (Lipinski definition) is 2. The highest BCUT2D eigenvalue weighted by atomic mass is 32.1. The van der Waals surface area contributed by atoms with Crippen LogP contribution in [-0.4, -0.2) is 5.11 Å². The number of benzene rings is 2. The van der Waals surface area contributed by atoms with Gasteiger partial charge in [0.1, 0.15) is 23.9 Å². The SMILES string of the molecule is O=c1cc(C[NH2+][C@@H](c2ccccc2)c2cccs2)c2ccc(O)cc2o1. The monoisotopic (exact) mass is 364 g/mol. The Morgan fingerprint density at radius 1 is 1.04 bits per heavy atom. The molecule has 2 aromatic heterocycles. The summed E-state index contributed by atoms with van der Waals surface area (Å²) >= 11 is 1.73. The molecule has 130 valence electrons. The van der Waals surface area contributed by atoms with E-state index in [0.717, 1.165) is 10.9 Å². The lowest BCUT2D eigenvalue weighted by molar-refractivity contribution is -0.701. The quantitative estimate of drug-likeness (QED) is 0.533. The van der Waals surface area contributed by atoms with Crippen molar-refractivity contribution in [2.75, 3.05) is 0 Å². The highest BCUT2D eigenvalue weighted by molar-refractivity contribution is 7.10. The highest BCUT2D eigenvalue weighted by Crippen LogP contribution is 2.24. The van der Waals surface area contributed by atoms with Gasteiger partial charge in [0.05, 0.1) is 4.88 Å². The van der Waals surface area contributed by atoms with E-state index in [-0.39, 0.29) is 11.8 Å². The molecule has 0 radical (unpaired) electrons. The molecule has 3 N–H and O–H groups in total. The Hall–Kier alpha value is -2.89. The van der Waals surface area contributed by atoms with Crippen molar-refractivity contribution in [1.29, 1.82) is 0 Å². The fourth-order valence-electron chi connectivity index (χ4n) is 3.18. The molecule has 0 fully saturated rings. The van der Waals surface area contributed by atoms with Crippen LogP contribution in [0, 0.1) is 0 Å².